The van der Waals surface area contributed by atoms with E-state index in [0.717, 1.165) is 10.6 Å². The first-order chi connectivity index (χ1) is 15.5. The van der Waals surface area contributed by atoms with Crippen molar-refractivity contribution in [3.8, 4) is 5.69 Å². The summed E-state index contributed by atoms with van der Waals surface area (Å²) in [6.07, 6.45) is 3.91. The third-order valence-corrected chi connectivity index (χ3v) is 5.03. The van der Waals surface area contributed by atoms with Crippen LogP contribution in [0.5, 0.6) is 0 Å². The van der Waals surface area contributed by atoms with Crippen LogP contribution >= 0.6 is 0 Å². The highest BCUT2D eigenvalue weighted by Gasteiger charge is 2.34. The average Bonchev–Trinajstić information content (AvgIpc) is 3.42. The third kappa shape index (κ3) is 4.56. The Labute approximate surface area is 184 Å². The van der Waals surface area contributed by atoms with E-state index in [-0.39, 0.29) is 43.1 Å². The topological polar surface area (TPSA) is 113 Å². The molecule has 0 saturated heterocycles. The zero-order valence-corrected chi connectivity index (χ0v) is 17.2. The van der Waals surface area contributed by atoms with Crippen LogP contribution in [0.15, 0.2) is 67.0 Å². The minimum Gasteiger partial charge on any atom is -0.347 e. The molecule has 9 nitrogen and oxygen atoms in total. The molecular weight excluding hydrogens is 410 g/mol. The van der Waals surface area contributed by atoms with Crippen LogP contribution in [0.2, 0.25) is 0 Å². The number of fused-ring (bicyclic) bond motifs is 1. The number of amides is 4. The van der Waals surface area contributed by atoms with Crippen LogP contribution in [0.25, 0.3) is 5.69 Å². The molecule has 1 aliphatic heterocycles. The Kier molecular flexibility index (Phi) is 6.07. The van der Waals surface area contributed by atoms with Crippen molar-refractivity contribution in [1.29, 1.82) is 0 Å². The summed E-state index contributed by atoms with van der Waals surface area (Å²) in [5.74, 6) is -1.37. The number of nitrogens with one attached hydrogen (secondary N) is 2. The molecular formula is C23H21N5O4. The maximum Gasteiger partial charge on any atom is 0.261 e. The number of nitrogens with zero attached hydrogens (tertiary/aromatic N) is 3. The number of benzene rings is 2. The van der Waals surface area contributed by atoms with Gasteiger partial charge in [0.05, 0.1) is 23.4 Å². The first-order valence-corrected chi connectivity index (χ1v) is 10.1. The molecule has 0 aliphatic carbocycles. The number of hydrogen-bond donors (Lipinski definition) is 2. The van der Waals surface area contributed by atoms with Crippen molar-refractivity contribution in [1.82, 2.24) is 20.0 Å². The highest BCUT2D eigenvalue weighted by atomic mass is 16.2. The minimum atomic E-state index is -0.356. The van der Waals surface area contributed by atoms with Gasteiger partial charge in [0.1, 0.15) is 0 Å². The van der Waals surface area contributed by atoms with E-state index in [1.165, 1.54) is 0 Å². The number of carbonyl (C=O) groups excluding carboxylic acids is 4. The molecule has 1 aromatic heterocycles. The summed E-state index contributed by atoms with van der Waals surface area (Å²) < 4.78 is 1.70. The van der Waals surface area contributed by atoms with Gasteiger partial charge in [-0.25, -0.2) is 4.68 Å². The van der Waals surface area contributed by atoms with Crippen LogP contribution in [0.3, 0.4) is 0 Å². The smallest absolute Gasteiger partial charge is 0.261 e. The van der Waals surface area contributed by atoms with E-state index in [0.29, 0.717) is 23.2 Å². The van der Waals surface area contributed by atoms with Crippen molar-refractivity contribution in [2.45, 2.75) is 12.8 Å². The standard InChI is InChI=1S/C23H21N5O4/c29-20(7-3-13-27-22(31)18-5-1-2-6-19(18)23(27)32)24-15-21(30)26-16-8-10-17(11-9-16)28-14-4-12-25-28/h1-2,4-6,8-12,14H,3,7,13,15H2,(H,24,29)(H,26,30). The Bertz CT molecular complexity index is 1120. The van der Waals surface area contributed by atoms with Gasteiger partial charge in [0.2, 0.25) is 11.8 Å². The van der Waals surface area contributed by atoms with Gasteiger partial charge in [0.15, 0.2) is 0 Å². The normalized spacial score (nSPS) is 12.6. The summed E-state index contributed by atoms with van der Waals surface area (Å²) >= 11 is 0. The Hall–Kier alpha value is -4.27. The molecule has 4 rings (SSSR count). The minimum absolute atomic E-state index is 0.0965. The lowest BCUT2D eigenvalue weighted by atomic mass is 10.1. The first kappa shape index (κ1) is 21.0. The molecule has 0 radical (unpaired) electrons. The van der Waals surface area contributed by atoms with Gasteiger partial charge in [-0.1, -0.05) is 12.1 Å². The number of hydrogen-bond acceptors (Lipinski definition) is 5. The molecule has 0 atom stereocenters. The predicted molar refractivity (Wildman–Crippen MR) is 116 cm³/mol. The predicted octanol–water partition coefficient (Wildman–Crippen LogP) is 2.00. The summed E-state index contributed by atoms with van der Waals surface area (Å²) in [7, 11) is 0. The quantitative estimate of drug-likeness (QED) is 0.530. The van der Waals surface area contributed by atoms with Gasteiger partial charge < -0.3 is 10.6 Å². The lowest BCUT2D eigenvalue weighted by Gasteiger charge is -2.13. The molecule has 162 valence electrons. The largest absolute Gasteiger partial charge is 0.347 e. The van der Waals surface area contributed by atoms with Crippen LogP contribution in [0.1, 0.15) is 33.6 Å². The van der Waals surface area contributed by atoms with Crippen LogP contribution < -0.4 is 10.6 Å². The summed E-state index contributed by atoms with van der Waals surface area (Å²) in [5.41, 5.74) is 2.23. The highest BCUT2D eigenvalue weighted by Crippen LogP contribution is 2.22. The average molecular weight is 431 g/mol. The Balaban J connectivity index is 1.18. The van der Waals surface area contributed by atoms with E-state index < -0.39 is 0 Å². The van der Waals surface area contributed by atoms with Crippen molar-refractivity contribution in [3.63, 3.8) is 0 Å². The van der Waals surface area contributed by atoms with Crippen molar-refractivity contribution < 1.29 is 19.2 Å². The number of imide groups is 1. The Morgan fingerprint density at radius 1 is 0.875 bits per heavy atom. The summed E-state index contributed by atoms with van der Waals surface area (Å²) in [4.78, 5) is 49.9. The van der Waals surface area contributed by atoms with Crippen molar-refractivity contribution in [2.75, 3.05) is 18.4 Å². The number of aromatic nitrogens is 2. The zero-order valence-electron chi connectivity index (χ0n) is 17.2. The lowest BCUT2D eigenvalue weighted by molar-refractivity contribution is -0.124. The molecule has 9 heteroatoms. The number of carbonyl (C=O) groups is 4. The van der Waals surface area contributed by atoms with Crippen molar-refractivity contribution >= 4 is 29.3 Å². The van der Waals surface area contributed by atoms with Crippen LogP contribution in [0, 0.1) is 0 Å². The SMILES string of the molecule is O=C(CCCN1C(=O)c2ccccc2C1=O)NCC(=O)Nc1ccc(-n2cccn2)cc1. The van der Waals surface area contributed by atoms with Crippen LogP contribution in [0.4, 0.5) is 5.69 Å². The van der Waals surface area contributed by atoms with Gasteiger partial charge >= 0.3 is 0 Å². The molecule has 3 aromatic rings. The fourth-order valence-corrected chi connectivity index (χ4v) is 3.43. The first-order valence-electron chi connectivity index (χ1n) is 10.1. The summed E-state index contributed by atoms with van der Waals surface area (Å²) in [5, 5.41) is 9.40. The van der Waals surface area contributed by atoms with Gasteiger partial charge in [-0.05, 0) is 48.9 Å². The second kappa shape index (κ2) is 9.25. The van der Waals surface area contributed by atoms with Crippen molar-refractivity contribution in [2.24, 2.45) is 0 Å². The molecule has 0 spiro atoms. The van der Waals surface area contributed by atoms with Crippen molar-refractivity contribution in [3.05, 3.63) is 78.1 Å². The maximum absolute atomic E-state index is 12.3. The zero-order chi connectivity index (χ0) is 22.5. The Morgan fingerprint density at radius 3 is 2.19 bits per heavy atom. The van der Waals surface area contributed by atoms with Gasteiger partial charge in [0.25, 0.3) is 11.8 Å². The highest BCUT2D eigenvalue weighted by molar-refractivity contribution is 6.21. The maximum atomic E-state index is 12.3. The van der Waals surface area contributed by atoms with Gasteiger partial charge in [-0.2, -0.15) is 5.10 Å². The number of anilines is 1. The third-order valence-electron chi connectivity index (χ3n) is 5.03. The van der Waals surface area contributed by atoms with Gasteiger partial charge in [0, 0.05) is 31.0 Å². The molecule has 0 fully saturated rings. The summed E-state index contributed by atoms with van der Waals surface area (Å²) in [6.45, 7) is -0.0265. The lowest BCUT2D eigenvalue weighted by Crippen LogP contribution is -2.34. The second-order valence-corrected chi connectivity index (χ2v) is 7.23. The second-order valence-electron chi connectivity index (χ2n) is 7.23. The molecule has 0 bridgehead atoms. The molecule has 2 heterocycles. The fourth-order valence-electron chi connectivity index (χ4n) is 3.43. The molecule has 0 unspecified atom stereocenters. The molecule has 0 saturated carbocycles. The molecule has 1 aliphatic rings. The number of rotatable bonds is 8. The molecule has 2 N–H and O–H groups in total. The fraction of sp³-hybridized carbons (Fsp3) is 0.174. The Morgan fingerprint density at radius 2 is 1.56 bits per heavy atom. The summed E-state index contributed by atoms with van der Waals surface area (Å²) in [6, 6.07) is 15.6. The van der Waals surface area contributed by atoms with E-state index in [4.69, 9.17) is 0 Å². The van der Waals surface area contributed by atoms with E-state index in [9.17, 15) is 19.2 Å². The molecule has 32 heavy (non-hydrogen) atoms. The van der Waals surface area contributed by atoms with E-state index in [1.807, 2.05) is 24.4 Å². The molecule has 4 amide bonds. The van der Waals surface area contributed by atoms with E-state index in [2.05, 4.69) is 15.7 Å². The van der Waals surface area contributed by atoms with Gasteiger partial charge in [-0.15, -0.1) is 0 Å². The van der Waals surface area contributed by atoms with Gasteiger partial charge in [-0.3, -0.25) is 24.1 Å². The monoisotopic (exact) mass is 431 g/mol. The van der Waals surface area contributed by atoms with Crippen LogP contribution in [-0.2, 0) is 9.59 Å². The van der Waals surface area contributed by atoms with E-state index in [1.54, 1.807) is 47.3 Å². The molecule has 2 aromatic carbocycles. The van der Waals surface area contributed by atoms with E-state index >= 15 is 0 Å². The van der Waals surface area contributed by atoms with Crippen LogP contribution in [-0.4, -0.2) is 51.4 Å².